The lowest BCUT2D eigenvalue weighted by Crippen LogP contribution is -2.26. The van der Waals surface area contributed by atoms with E-state index >= 15 is 0 Å². The number of carbonyl (C=O) groups is 1. The molecule has 0 saturated carbocycles. The van der Waals surface area contributed by atoms with E-state index in [1.165, 1.54) is 7.11 Å². The maximum absolute atomic E-state index is 11.5. The molecule has 4 rings (SSSR count). The fraction of sp³-hybridized carbons (Fsp3) is 0.240. The topological polar surface area (TPSA) is 83.5 Å². The van der Waals surface area contributed by atoms with Crippen LogP contribution in [-0.4, -0.2) is 31.6 Å². The summed E-state index contributed by atoms with van der Waals surface area (Å²) >= 11 is 0. The molecule has 7 nitrogen and oxygen atoms in total. The first kappa shape index (κ1) is 21.5. The van der Waals surface area contributed by atoms with Crippen molar-refractivity contribution in [1.29, 1.82) is 0 Å². The highest BCUT2D eigenvalue weighted by atomic mass is 16.7. The molecule has 1 aliphatic heterocycles. The zero-order chi connectivity index (χ0) is 22.5. The molecule has 1 N–H and O–H groups in total. The van der Waals surface area contributed by atoms with Crippen LogP contribution in [0.15, 0.2) is 66.7 Å². The zero-order valence-corrected chi connectivity index (χ0v) is 17.8. The first-order valence-electron chi connectivity index (χ1n) is 10.1. The lowest BCUT2D eigenvalue weighted by molar-refractivity contribution is -0.139. The Bertz CT molecular complexity index is 1060. The van der Waals surface area contributed by atoms with E-state index in [1.54, 1.807) is 49.6 Å². The highest BCUT2D eigenvalue weighted by Crippen LogP contribution is 2.39. The van der Waals surface area contributed by atoms with Gasteiger partial charge < -0.3 is 28.8 Å². The minimum absolute atomic E-state index is 0.137. The maximum Gasteiger partial charge on any atom is 0.309 e. The summed E-state index contributed by atoms with van der Waals surface area (Å²) in [6.45, 7) is 0.421. The Hall–Kier alpha value is -3.71. The summed E-state index contributed by atoms with van der Waals surface area (Å²) in [5, 5.41) is 10.7. The van der Waals surface area contributed by atoms with Crippen molar-refractivity contribution < 1.29 is 33.6 Å². The molecule has 32 heavy (non-hydrogen) atoms. The molecule has 0 bridgehead atoms. The third-order valence-corrected chi connectivity index (χ3v) is 5.11. The smallest absolute Gasteiger partial charge is 0.309 e. The average molecular weight is 436 g/mol. The number of aliphatic hydroxyl groups excluding tert-OH is 1. The van der Waals surface area contributed by atoms with Gasteiger partial charge in [-0.15, -0.1) is 0 Å². The van der Waals surface area contributed by atoms with E-state index in [9.17, 15) is 9.90 Å². The van der Waals surface area contributed by atoms with Gasteiger partial charge in [0, 0.05) is 0 Å². The van der Waals surface area contributed by atoms with Crippen LogP contribution in [0.3, 0.4) is 0 Å². The lowest BCUT2D eigenvalue weighted by atomic mass is 10.1. The van der Waals surface area contributed by atoms with Crippen molar-refractivity contribution in [2.45, 2.75) is 25.4 Å². The van der Waals surface area contributed by atoms with Crippen LogP contribution in [-0.2, 0) is 22.6 Å². The zero-order valence-electron chi connectivity index (χ0n) is 17.8. The average Bonchev–Trinajstić information content (AvgIpc) is 3.26. The van der Waals surface area contributed by atoms with E-state index in [1.807, 2.05) is 24.3 Å². The molecule has 0 aliphatic carbocycles. The minimum Gasteiger partial charge on any atom is -0.497 e. The molecular formula is C25H24O7. The Kier molecular flexibility index (Phi) is 6.47. The monoisotopic (exact) mass is 436 g/mol. The number of esters is 1. The van der Waals surface area contributed by atoms with Crippen molar-refractivity contribution in [3.8, 4) is 23.0 Å². The summed E-state index contributed by atoms with van der Waals surface area (Å²) in [6.07, 6.45) is -1.75. The summed E-state index contributed by atoms with van der Waals surface area (Å²) in [5.41, 5.74) is 2.40. The standard InChI is InChI=1S/C25H24O7/c1-28-19-8-3-16(4-9-19)15-30-20-10-6-18(7-11-20)24(27)25-31-21-12-5-17(13-22(21)32-25)14-23(26)29-2/h3-13,24-25,27H,14-15H2,1-2H3. The summed E-state index contributed by atoms with van der Waals surface area (Å²) in [7, 11) is 2.97. The molecule has 0 fully saturated rings. The van der Waals surface area contributed by atoms with Gasteiger partial charge in [0.05, 0.1) is 20.6 Å². The molecule has 166 valence electrons. The normalized spacial score (nSPS) is 15.2. The van der Waals surface area contributed by atoms with Crippen molar-refractivity contribution in [1.82, 2.24) is 0 Å². The van der Waals surface area contributed by atoms with Crippen molar-refractivity contribution in [2.75, 3.05) is 14.2 Å². The first-order chi connectivity index (χ1) is 15.6. The van der Waals surface area contributed by atoms with E-state index in [2.05, 4.69) is 4.74 Å². The number of carbonyl (C=O) groups excluding carboxylic acids is 1. The number of methoxy groups -OCH3 is 2. The molecule has 7 heteroatoms. The first-order valence-corrected chi connectivity index (χ1v) is 10.1. The van der Waals surface area contributed by atoms with Crippen LogP contribution in [0, 0.1) is 0 Å². The van der Waals surface area contributed by atoms with Crippen LogP contribution in [0.5, 0.6) is 23.0 Å². The highest BCUT2D eigenvalue weighted by Gasteiger charge is 2.32. The van der Waals surface area contributed by atoms with Crippen LogP contribution in [0.25, 0.3) is 0 Å². The molecule has 0 saturated heterocycles. The van der Waals surface area contributed by atoms with Crippen molar-refractivity contribution in [3.05, 3.63) is 83.4 Å². The maximum atomic E-state index is 11.5. The Balaban J connectivity index is 1.34. The van der Waals surface area contributed by atoms with Crippen molar-refractivity contribution in [3.63, 3.8) is 0 Å². The Morgan fingerprint density at radius 3 is 2.25 bits per heavy atom. The predicted octanol–water partition coefficient (Wildman–Crippen LogP) is 3.82. The molecular weight excluding hydrogens is 412 g/mol. The molecule has 3 aromatic rings. The number of rotatable bonds is 8. The second kappa shape index (κ2) is 9.62. The second-order valence-corrected chi connectivity index (χ2v) is 7.29. The van der Waals surface area contributed by atoms with Gasteiger partial charge in [0.1, 0.15) is 18.1 Å². The molecule has 0 aromatic heterocycles. The second-order valence-electron chi connectivity index (χ2n) is 7.29. The Morgan fingerprint density at radius 1 is 0.906 bits per heavy atom. The third kappa shape index (κ3) is 4.95. The van der Waals surface area contributed by atoms with Gasteiger partial charge in [0.25, 0.3) is 6.29 Å². The van der Waals surface area contributed by atoms with Gasteiger partial charge in [0.15, 0.2) is 17.6 Å². The molecule has 0 spiro atoms. The number of hydrogen-bond donors (Lipinski definition) is 1. The van der Waals surface area contributed by atoms with Crippen LogP contribution in [0.2, 0.25) is 0 Å². The van der Waals surface area contributed by atoms with E-state index in [0.29, 0.717) is 29.4 Å². The predicted molar refractivity (Wildman–Crippen MR) is 116 cm³/mol. The fourth-order valence-corrected chi connectivity index (χ4v) is 3.30. The van der Waals surface area contributed by atoms with E-state index < -0.39 is 12.4 Å². The number of fused-ring (bicyclic) bond motifs is 1. The largest absolute Gasteiger partial charge is 0.497 e. The van der Waals surface area contributed by atoms with Crippen LogP contribution in [0.1, 0.15) is 22.8 Å². The number of aliphatic hydroxyl groups is 1. The van der Waals surface area contributed by atoms with Crippen molar-refractivity contribution in [2.24, 2.45) is 0 Å². The number of ether oxygens (including phenoxy) is 5. The Labute approximate surface area is 186 Å². The molecule has 2 unspecified atom stereocenters. The van der Waals surface area contributed by atoms with E-state index in [0.717, 1.165) is 16.9 Å². The molecule has 2 atom stereocenters. The minimum atomic E-state index is -0.998. The van der Waals surface area contributed by atoms with Gasteiger partial charge in [-0.3, -0.25) is 4.79 Å². The number of hydrogen-bond acceptors (Lipinski definition) is 7. The van der Waals surface area contributed by atoms with Gasteiger partial charge in [0.2, 0.25) is 0 Å². The summed E-state index contributed by atoms with van der Waals surface area (Å²) in [6, 6.07) is 20.0. The van der Waals surface area contributed by atoms with Gasteiger partial charge in [-0.1, -0.05) is 30.3 Å². The van der Waals surface area contributed by atoms with Gasteiger partial charge in [-0.25, -0.2) is 0 Å². The van der Waals surface area contributed by atoms with Crippen LogP contribution < -0.4 is 18.9 Å². The van der Waals surface area contributed by atoms with Gasteiger partial charge in [-0.05, 0) is 53.1 Å². The quantitative estimate of drug-likeness (QED) is 0.538. The summed E-state index contributed by atoms with van der Waals surface area (Å²) < 4.78 is 27.1. The van der Waals surface area contributed by atoms with E-state index in [-0.39, 0.29) is 12.4 Å². The fourth-order valence-electron chi connectivity index (χ4n) is 3.30. The van der Waals surface area contributed by atoms with Gasteiger partial charge in [-0.2, -0.15) is 0 Å². The van der Waals surface area contributed by atoms with E-state index in [4.69, 9.17) is 18.9 Å². The molecule has 1 heterocycles. The Morgan fingerprint density at radius 2 is 1.56 bits per heavy atom. The lowest BCUT2D eigenvalue weighted by Gasteiger charge is -2.18. The summed E-state index contributed by atoms with van der Waals surface area (Å²) in [4.78, 5) is 11.5. The summed E-state index contributed by atoms with van der Waals surface area (Å²) in [5.74, 6) is 2.14. The molecule has 1 aliphatic rings. The van der Waals surface area contributed by atoms with Crippen LogP contribution >= 0.6 is 0 Å². The van der Waals surface area contributed by atoms with Crippen LogP contribution in [0.4, 0.5) is 0 Å². The highest BCUT2D eigenvalue weighted by molar-refractivity contribution is 5.72. The molecule has 3 aromatic carbocycles. The third-order valence-electron chi connectivity index (χ3n) is 5.11. The van der Waals surface area contributed by atoms with Crippen molar-refractivity contribution >= 4 is 5.97 Å². The number of benzene rings is 3. The van der Waals surface area contributed by atoms with Gasteiger partial charge >= 0.3 is 5.97 Å². The molecule has 0 amide bonds. The molecule has 0 radical (unpaired) electrons. The SMILES string of the molecule is COC(=O)Cc1ccc2c(c1)OC(C(O)c1ccc(OCc3ccc(OC)cc3)cc1)O2.